The van der Waals surface area contributed by atoms with Crippen molar-refractivity contribution >= 4 is 33.4 Å². The first kappa shape index (κ1) is 20.5. The highest BCUT2D eigenvalue weighted by Gasteiger charge is 2.24. The van der Waals surface area contributed by atoms with Gasteiger partial charge < -0.3 is 14.6 Å². The summed E-state index contributed by atoms with van der Waals surface area (Å²) in [6, 6.07) is 14.5. The van der Waals surface area contributed by atoms with E-state index >= 15 is 0 Å². The maximum absolute atomic E-state index is 12.5. The van der Waals surface area contributed by atoms with Crippen LogP contribution in [0.2, 0.25) is 0 Å². The molecule has 0 radical (unpaired) electrons. The van der Waals surface area contributed by atoms with Gasteiger partial charge in [-0.1, -0.05) is 35.5 Å². The fraction of sp³-hybridized carbons (Fsp3) is 0.143. The van der Waals surface area contributed by atoms with Crippen LogP contribution in [-0.4, -0.2) is 27.2 Å². The Balaban J connectivity index is 1.42. The molecule has 0 bridgehead atoms. The average molecular weight is 438 g/mol. The second kappa shape index (κ2) is 8.94. The molecule has 1 atom stereocenters. The van der Waals surface area contributed by atoms with Crippen LogP contribution >= 0.6 is 11.3 Å². The van der Waals surface area contributed by atoms with Crippen LogP contribution in [0.25, 0.3) is 10.2 Å². The van der Waals surface area contributed by atoms with Crippen molar-refractivity contribution in [3.05, 3.63) is 76.6 Å². The number of amides is 2. The Morgan fingerprint density at radius 2 is 2.00 bits per heavy atom. The molecule has 4 rings (SSSR count). The van der Waals surface area contributed by atoms with E-state index < -0.39 is 17.9 Å². The normalized spacial score (nSPS) is 11.8. The highest BCUT2D eigenvalue weighted by atomic mass is 32.1. The standard InChI is InChI=1S/C21H18N4O5S/c1-12-22-16-9-14(7-8-18(16)31-12)29-11-15-10-17(25-30-15)20(26)23-19(21(27)24-28)13-5-3-2-4-6-13/h2-10,19,28H,11H2,1H3,(H,23,26)(H,24,27)/t19-/m0/s1. The van der Waals surface area contributed by atoms with Gasteiger partial charge in [-0.2, -0.15) is 0 Å². The lowest BCUT2D eigenvalue weighted by atomic mass is 10.1. The van der Waals surface area contributed by atoms with E-state index in [4.69, 9.17) is 14.5 Å². The molecule has 4 aromatic rings. The van der Waals surface area contributed by atoms with E-state index in [0.29, 0.717) is 17.1 Å². The Morgan fingerprint density at radius 3 is 2.77 bits per heavy atom. The van der Waals surface area contributed by atoms with E-state index in [1.54, 1.807) is 47.1 Å². The minimum atomic E-state index is -1.09. The molecule has 31 heavy (non-hydrogen) atoms. The third-order valence-corrected chi connectivity index (χ3v) is 5.37. The Hall–Kier alpha value is -3.76. The van der Waals surface area contributed by atoms with E-state index in [1.165, 1.54) is 6.07 Å². The smallest absolute Gasteiger partial charge is 0.274 e. The summed E-state index contributed by atoms with van der Waals surface area (Å²) in [5.74, 6) is -0.461. The van der Waals surface area contributed by atoms with E-state index in [2.05, 4.69) is 15.5 Å². The van der Waals surface area contributed by atoms with Crippen molar-refractivity contribution in [1.82, 2.24) is 20.9 Å². The molecule has 0 aliphatic carbocycles. The van der Waals surface area contributed by atoms with Gasteiger partial charge in [-0.15, -0.1) is 11.3 Å². The van der Waals surface area contributed by atoms with Gasteiger partial charge in [-0.05, 0) is 24.6 Å². The van der Waals surface area contributed by atoms with Gasteiger partial charge in [0.1, 0.15) is 18.4 Å². The fourth-order valence-corrected chi connectivity index (χ4v) is 3.78. The van der Waals surface area contributed by atoms with Crippen molar-refractivity contribution in [3.63, 3.8) is 0 Å². The number of benzene rings is 2. The summed E-state index contributed by atoms with van der Waals surface area (Å²) in [6.07, 6.45) is 0. The molecular formula is C21H18N4O5S. The van der Waals surface area contributed by atoms with E-state index in [0.717, 1.165) is 15.2 Å². The number of aromatic nitrogens is 2. The van der Waals surface area contributed by atoms with Crippen LogP contribution in [0.3, 0.4) is 0 Å². The summed E-state index contributed by atoms with van der Waals surface area (Å²) >= 11 is 1.60. The zero-order valence-electron chi connectivity index (χ0n) is 16.4. The number of rotatable bonds is 7. The second-order valence-corrected chi connectivity index (χ2v) is 7.86. The van der Waals surface area contributed by atoms with Crippen molar-refractivity contribution in [2.45, 2.75) is 19.6 Å². The van der Waals surface area contributed by atoms with Crippen molar-refractivity contribution in [2.75, 3.05) is 0 Å². The first-order valence-electron chi connectivity index (χ1n) is 9.29. The molecule has 10 heteroatoms. The Kier molecular flexibility index (Phi) is 5.92. The fourth-order valence-electron chi connectivity index (χ4n) is 2.97. The van der Waals surface area contributed by atoms with Gasteiger partial charge in [0.2, 0.25) is 0 Å². The number of carbonyl (C=O) groups excluding carboxylic acids is 2. The number of fused-ring (bicyclic) bond motifs is 1. The molecule has 0 spiro atoms. The predicted molar refractivity (Wildman–Crippen MR) is 112 cm³/mol. The number of hydrogen-bond donors (Lipinski definition) is 3. The number of nitrogens with zero attached hydrogens (tertiary/aromatic N) is 2. The summed E-state index contributed by atoms with van der Waals surface area (Å²) in [5, 5.41) is 16.2. The van der Waals surface area contributed by atoms with Crippen LogP contribution in [0, 0.1) is 6.92 Å². The number of hydroxylamine groups is 1. The SMILES string of the molecule is Cc1nc2cc(OCc3cc(C(=O)N[C@H](C(=O)NO)c4ccccc4)no3)ccc2s1. The zero-order chi connectivity index (χ0) is 21.8. The Morgan fingerprint density at radius 1 is 1.19 bits per heavy atom. The van der Waals surface area contributed by atoms with Crippen LogP contribution in [0.5, 0.6) is 5.75 Å². The summed E-state index contributed by atoms with van der Waals surface area (Å²) in [7, 11) is 0. The van der Waals surface area contributed by atoms with Gasteiger partial charge in [0.05, 0.1) is 15.2 Å². The summed E-state index contributed by atoms with van der Waals surface area (Å²) in [6.45, 7) is 2.01. The van der Waals surface area contributed by atoms with Crippen molar-refractivity contribution in [3.8, 4) is 5.75 Å². The summed E-state index contributed by atoms with van der Waals surface area (Å²) < 4.78 is 12.0. The molecular weight excluding hydrogens is 420 g/mol. The maximum atomic E-state index is 12.5. The number of thiazole rings is 1. The quantitative estimate of drug-likeness (QED) is 0.299. The third kappa shape index (κ3) is 4.71. The predicted octanol–water partition coefficient (Wildman–Crippen LogP) is 3.15. The number of carbonyl (C=O) groups is 2. The largest absolute Gasteiger partial charge is 0.485 e. The maximum Gasteiger partial charge on any atom is 0.274 e. The Bertz CT molecular complexity index is 1220. The monoisotopic (exact) mass is 438 g/mol. The van der Waals surface area contributed by atoms with E-state index in [-0.39, 0.29) is 12.3 Å². The molecule has 9 nitrogen and oxygen atoms in total. The molecule has 2 heterocycles. The second-order valence-electron chi connectivity index (χ2n) is 6.62. The van der Waals surface area contributed by atoms with Gasteiger partial charge >= 0.3 is 0 Å². The van der Waals surface area contributed by atoms with E-state index in [9.17, 15) is 9.59 Å². The van der Waals surface area contributed by atoms with Crippen molar-refractivity contribution in [1.29, 1.82) is 0 Å². The van der Waals surface area contributed by atoms with Crippen molar-refractivity contribution < 1.29 is 24.1 Å². The van der Waals surface area contributed by atoms with Crippen LogP contribution in [0.4, 0.5) is 0 Å². The number of ether oxygens (including phenoxy) is 1. The molecule has 0 aliphatic heterocycles. The lowest BCUT2D eigenvalue weighted by Crippen LogP contribution is -2.39. The van der Waals surface area contributed by atoms with Gasteiger partial charge in [0.25, 0.3) is 11.8 Å². The van der Waals surface area contributed by atoms with Gasteiger partial charge in [-0.25, -0.2) is 10.5 Å². The van der Waals surface area contributed by atoms with Gasteiger partial charge in [0, 0.05) is 12.1 Å². The molecule has 158 valence electrons. The van der Waals surface area contributed by atoms with Gasteiger partial charge in [0.15, 0.2) is 11.5 Å². The minimum absolute atomic E-state index is 0.0177. The first-order valence-corrected chi connectivity index (χ1v) is 10.1. The third-order valence-electron chi connectivity index (χ3n) is 4.42. The molecule has 0 fully saturated rings. The Labute approximate surface area is 180 Å². The number of nitrogens with one attached hydrogen (secondary N) is 2. The molecule has 2 aromatic carbocycles. The summed E-state index contributed by atoms with van der Waals surface area (Å²) in [5.41, 5.74) is 2.89. The van der Waals surface area contributed by atoms with Crippen LogP contribution in [0.15, 0.2) is 59.1 Å². The van der Waals surface area contributed by atoms with Crippen molar-refractivity contribution in [2.24, 2.45) is 0 Å². The van der Waals surface area contributed by atoms with E-state index in [1.807, 2.05) is 25.1 Å². The molecule has 2 amide bonds. The van der Waals surface area contributed by atoms with Crippen LogP contribution in [0.1, 0.15) is 32.9 Å². The molecule has 0 unspecified atom stereocenters. The minimum Gasteiger partial charge on any atom is -0.485 e. The molecule has 3 N–H and O–H groups in total. The molecule has 2 aromatic heterocycles. The zero-order valence-corrected chi connectivity index (χ0v) is 17.2. The lowest BCUT2D eigenvalue weighted by molar-refractivity contribution is -0.131. The molecule has 0 saturated heterocycles. The number of aryl methyl sites for hydroxylation is 1. The number of hydrogen-bond acceptors (Lipinski definition) is 8. The highest BCUT2D eigenvalue weighted by molar-refractivity contribution is 7.18. The topological polar surface area (TPSA) is 127 Å². The summed E-state index contributed by atoms with van der Waals surface area (Å²) in [4.78, 5) is 29.0. The average Bonchev–Trinajstić information content (AvgIpc) is 3.41. The highest BCUT2D eigenvalue weighted by Crippen LogP contribution is 2.26. The van der Waals surface area contributed by atoms with Gasteiger partial charge in [-0.3, -0.25) is 14.8 Å². The lowest BCUT2D eigenvalue weighted by Gasteiger charge is -2.16. The molecule has 0 saturated carbocycles. The van der Waals surface area contributed by atoms with Crippen LogP contribution in [-0.2, 0) is 11.4 Å². The first-order chi connectivity index (χ1) is 15.0. The van der Waals surface area contributed by atoms with Crippen LogP contribution < -0.4 is 15.5 Å². The molecule has 0 aliphatic rings.